The van der Waals surface area contributed by atoms with E-state index < -0.39 is 0 Å². The van der Waals surface area contributed by atoms with Crippen LogP contribution < -0.4 is 10.9 Å². The van der Waals surface area contributed by atoms with Gasteiger partial charge in [0.25, 0.3) is 11.5 Å². The van der Waals surface area contributed by atoms with Crippen LogP contribution in [0, 0.1) is 6.92 Å². The zero-order valence-corrected chi connectivity index (χ0v) is 14.0. The number of fused-ring (bicyclic) bond motifs is 1. The molecule has 8 heteroatoms. The fourth-order valence-electron chi connectivity index (χ4n) is 2.58. The molecule has 0 unspecified atom stereocenters. The molecule has 0 bridgehead atoms. The Morgan fingerprint density at radius 1 is 1.28 bits per heavy atom. The van der Waals surface area contributed by atoms with E-state index in [1.54, 1.807) is 10.7 Å². The van der Waals surface area contributed by atoms with Crippen molar-refractivity contribution in [1.82, 2.24) is 19.7 Å². The molecular weight excluding hydrogens is 338 g/mol. The largest absolute Gasteiger partial charge is 0.319 e. The Bertz CT molecular complexity index is 1140. The van der Waals surface area contributed by atoms with Gasteiger partial charge in [0.1, 0.15) is 5.39 Å². The second-order valence-electron chi connectivity index (χ2n) is 5.43. The third-order valence-electron chi connectivity index (χ3n) is 3.82. The summed E-state index contributed by atoms with van der Waals surface area (Å²) in [6.45, 7) is 1.90. The molecular formula is C17H13N5O2S. The van der Waals surface area contributed by atoms with Gasteiger partial charge >= 0.3 is 0 Å². The number of rotatable bonds is 3. The van der Waals surface area contributed by atoms with Gasteiger partial charge in [-0.2, -0.15) is 5.10 Å². The van der Waals surface area contributed by atoms with Crippen molar-refractivity contribution in [2.45, 2.75) is 6.92 Å². The number of amides is 1. The number of aromatic nitrogens is 4. The summed E-state index contributed by atoms with van der Waals surface area (Å²) in [5.41, 5.74) is 2.33. The topological polar surface area (TPSA) is 92.7 Å². The van der Waals surface area contributed by atoms with E-state index in [2.05, 4.69) is 20.4 Å². The highest BCUT2D eigenvalue weighted by Crippen LogP contribution is 2.24. The molecule has 4 rings (SSSR count). The van der Waals surface area contributed by atoms with E-state index in [4.69, 9.17) is 0 Å². The molecule has 4 aromatic rings. The number of hydrogen-bond donors (Lipinski definition) is 2. The summed E-state index contributed by atoms with van der Waals surface area (Å²) in [6.07, 6.45) is 2.79. The molecule has 1 aromatic carbocycles. The molecule has 25 heavy (non-hydrogen) atoms. The van der Waals surface area contributed by atoms with Crippen LogP contribution in [0.2, 0.25) is 0 Å². The smallest absolute Gasteiger partial charge is 0.266 e. The minimum atomic E-state index is -0.257. The molecule has 2 N–H and O–H groups in total. The summed E-state index contributed by atoms with van der Waals surface area (Å²) in [5, 5.41) is 9.45. The Balaban J connectivity index is 1.79. The summed E-state index contributed by atoms with van der Waals surface area (Å²) < 4.78 is 1.54. The molecule has 0 saturated carbocycles. The number of nitrogens with one attached hydrogen (secondary N) is 2. The number of carbonyl (C=O) groups excluding carboxylic acids is 1. The van der Waals surface area contributed by atoms with E-state index in [9.17, 15) is 9.59 Å². The number of benzene rings is 1. The second kappa shape index (κ2) is 5.99. The lowest BCUT2D eigenvalue weighted by Gasteiger charge is -2.11. The van der Waals surface area contributed by atoms with Crippen LogP contribution in [0.25, 0.3) is 16.7 Å². The van der Waals surface area contributed by atoms with Crippen LogP contribution in [0.1, 0.15) is 15.2 Å². The molecule has 0 aliphatic rings. The number of para-hydroxylation sites is 2. The van der Waals surface area contributed by atoms with Gasteiger partial charge in [-0.25, -0.2) is 9.67 Å². The third-order valence-corrected chi connectivity index (χ3v) is 4.83. The zero-order chi connectivity index (χ0) is 17.4. The molecule has 124 valence electrons. The fraction of sp³-hybridized carbons (Fsp3) is 0.0588. The quantitative estimate of drug-likeness (QED) is 0.593. The number of aromatic amines is 1. The Morgan fingerprint density at radius 3 is 2.92 bits per heavy atom. The molecule has 0 aliphatic carbocycles. The van der Waals surface area contributed by atoms with Crippen molar-refractivity contribution in [3.63, 3.8) is 0 Å². The molecule has 0 radical (unpaired) electrons. The van der Waals surface area contributed by atoms with Gasteiger partial charge in [-0.1, -0.05) is 12.1 Å². The van der Waals surface area contributed by atoms with Crippen molar-refractivity contribution in [2.75, 3.05) is 5.32 Å². The van der Waals surface area contributed by atoms with E-state index in [0.717, 1.165) is 5.56 Å². The molecule has 3 heterocycles. The Labute approximate surface area is 146 Å². The Morgan fingerprint density at radius 2 is 2.12 bits per heavy atom. The molecule has 0 spiro atoms. The maximum Gasteiger partial charge on any atom is 0.266 e. The zero-order valence-electron chi connectivity index (χ0n) is 13.2. The predicted molar refractivity (Wildman–Crippen MR) is 96.5 cm³/mol. The predicted octanol–water partition coefficient (Wildman–Crippen LogP) is 2.73. The summed E-state index contributed by atoms with van der Waals surface area (Å²) in [6, 6.07) is 9.17. The van der Waals surface area contributed by atoms with Crippen molar-refractivity contribution in [1.29, 1.82) is 0 Å². The van der Waals surface area contributed by atoms with Crippen molar-refractivity contribution in [3.8, 4) is 5.69 Å². The number of nitrogens with zero attached hydrogens (tertiary/aromatic N) is 3. The van der Waals surface area contributed by atoms with Gasteiger partial charge in [-0.05, 0) is 36.1 Å². The van der Waals surface area contributed by atoms with E-state index in [1.165, 1.54) is 23.9 Å². The normalized spacial score (nSPS) is 10.9. The molecule has 0 aliphatic heterocycles. The lowest BCUT2D eigenvalue weighted by Crippen LogP contribution is -2.14. The number of carbonyl (C=O) groups is 1. The summed E-state index contributed by atoms with van der Waals surface area (Å²) >= 11 is 1.39. The van der Waals surface area contributed by atoms with Gasteiger partial charge in [-0.15, -0.1) is 11.3 Å². The highest BCUT2D eigenvalue weighted by atomic mass is 32.1. The lowest BCUT2D eigenvalue weighted by molar-refractivity contribution is 0.103. The number of thiophene rings is 1. The summed E-state index contributed by atoms with van der Waals surface area (Å²) in [4.78, 5) is 31.8. The van der Waals surface area contributed by atoms with Crippen molar-refractivity contribution < 1.29 is 4.79 Å². The monoisotopic (exact) mass is 351 g/mol. The van der Waals surface area contributed by atoms with Crippen LogP contribution in [-0.2, 0) is 0 Å². The van der Waals surface area contributed by atoms with Crippen LogP contribution in [0.15, 0.2) is 53.0 Å². The van der Waals surface area contributed by atoms with Crippen molar-refractivity contribution in [3.05, 3.63) is 69.0 Å². The maximum atomic E-state index is 12.5. The SMILES string of the molecule is Cc1ccsc1C(=O)Nc1ccccc1-n1ncc2c(=O)[nH]cnc21. The first kappa shape index (κ1) is 15.3. The minimum Gasteiger partial charge on any atom is -0.319 e. The van der Waals surface area contributed by atoms with Crippen LogP contribution in [0.5, 0.6) is 0 Å². The molecule has 7 nitrogen and oxygen atoms in total. The number of H-pyrrole nitrogens is 1. The summed E-state index contributed by atoms with van der Waals surface area (Å²) in [7, 11) is 0. The molecule has 3 aromatic heterocycles. The van der Waals surface area contributed by atoms with E-state index in [1.807, 2.05) is 36.6 Å². The van der Waals surface area contributed by atoms with Gasteiger partial charge in [0.15, 0.2) is 5.65 Å². The van der Waals surface area contributed by atoms with Gasteiger partial charge in [-0.3, -0.25) is 9.59 Å². The number of aryl methyl sites for hydroxylation is 1. The van der Waals surface area contributed by atoms with Crippen molar-refractivity contribution in [2.24, 2.45) is 0 Å². The maximum absolute atomic E-state index is 12.5. The molecule has 1 amide bonds. The lowest BCUT2D eigenvalue weighted by atomic mass is 10.2. The number of hydrogen-bond acceptors (Lipinski definition) is 5. The third kappa shape index (κ3) is 2.62. The minimum absolute atomic E-state index is 0.179. The van der Waals surface area contributed by atoms with E-state index in [0.29, 0.717) is 27.3 Å². The first-order valence-electron chi connectivity index (χ1n) is 7.51. The van der Waals surface area contributed by atoms with Crippen LogP contribution >= 0.6 is 11.3 Å². The molecule has 0 atom stereocenters. The Hall–Kier alpha value is -3.26. The first-order chi connectivity index (χ1) is 12.1. The standard InChI is InChI=1S/C17H13N5O2S/c1-10-6-7-25-14(10)17(24)21-12-4-2-3-5-13(12)22-15-11(8-20-22)16(23)19-9-18-15/h2-9H,1H3,(H,21,24)(H,18,19,23). The highest BCUT2D eigenvalue weighted by Gasteiger charge is 2.16. The van der Waals surface area contributed by atoms with Gasteiger partial charge in [0, 0.05) is 0 Å². The first-order valence-corrected chi connectivity index (χ1v) is 8.39. The molecule has 0 saturated heterocycles. The average Bonchev–Trinajstić information content (AvgIpc) is 3.22. The van der Waals surface area contributed by atoms with Crippen molar-refractivity contribution >= 4 is 34.0 Å². The average molecular weight is 351 g/mol. The summed E-state index contributed by atoms with van der Waals surface area (Å²) in [5.74, 6) is -0.179. The van der Waals surface area contributed by atoms with Gasteiger partial charge in [0.05, 0.1) is 28.8 Å². The van der Waals surface area contributed by atoms with E-state index >= 15 is 0 Å². The van der Waals surface area contributed by atoms with Gasteiger partial charge < -0.3 is 10.3 Å². The van der Waals surface area contributed by atoms with E-state index in [-0.39, 0.29) is 11.5 Å². The van der Waals surface area contributed by atoms with Crippen LogP contribution in [0.4, 0.5) is 5.69 Å². The Kier molecular flexibility index (Phi) is 3.66. The number of anilines is 1. The fourth-order valence-corrected chi connectivity index (χ4v) is 3.40. The molecule has 0 fully saturated rings. The van der Waals surface area contributed by atoms with Crippen LogP contribution in [0.3, 0.4) is 0 Å². The van der Waals surface area contributed by atoms with Crippen LogP contribution in [-0.4, -0.2) is 25.7 Å². The van der Waals surface area contributed by atoms with Gasteiger partial charge in [0.2, 0.25) is 0 Å². The second-order valence-corrected chi connectivity index (χ2v) is 6.35. The highest BCUT2D eigenvalue weighted by molar-refractivity contribution is 7.12.